The first-order valence-corrected chi connectivity index (χ1v) is 41.6. The molecule has 0 spiro atoms. The maximum absolute atomic E-state index is 12.6. The van der Waals surface area contributed by atoms with E-state index >= 15 is 0 Å². The average molecular weight is 1440 g/mol. The largest absolute Gasteiger partial charge is 0.459 e. The van der Waals surface area contributed by atoms with E-state index in [-0.39, 0.29) is 73.7 Å². The summed E-state index contributed by atoms with van der Waals surface area (Å²) in [5.41, 5.74) is -6.78. The van der Waals surface area contributed by atoms with Crippen molar-refractivity contribution in [3.63, 3.8) is 0 Å². The van der Waals surface area contributed by atoms with E-state index in [9.17, 15) is 49.2 Å². The maximum atomic E-state index is 12.6. The monoisotopic (exact) mass is 1440 g/mol. The van der Waals surface area contributed by atoms with Crippen LogP contribution >= 0.6 is 0 Å². The molecule has 12 unspecified atom stereocenters. The lowest BCUT2D eigenvalue weighted by Crippen LogP contribution is -2.70. The number of esters is 5. The van der Waals surface area contributed by atoms with Crippen LogP contribution in [0.3, 0.4) is 0 Å². The topological polar surface area (TPSA) is 229 Å². The van der Waals surface area contributed by atoms with Crippen molar-refractivity contribution in [2.24, 2.45) is 95.6 Å². The lowest BCUT2D eigenvalue weighted by molar-refractivity contribution is -0.284. The third-order valence-corrected chi connectivity index (χ3v) is 31.6. The molecule has 4 N–H and O–H groups in total. The SMILES string of the molecule is CCC(C)(C)C(=O)OC12CC3(C)CC(O)(CC(O)(C3)C1)C2.CCC(C)(C)C(=O)OC12CC3CC(C)(CC(O)(C3)C1)C2.CCC(C)(C)C(=O)OC12CC3CC(C1)CC(C(C)(C)O)(C3)C2.CCC(C)(C)C(=O)OC12CC3CC(C1)CC(C(C)=O)(C3)C2.CCC(C)(C)C(=O)OC12CC3CC(CC(C)(C3)C1)C2. The van der Waals surface area contributed by atoms with Gasteiger partial charge in [-0.25, -0.2) is 0 Å². The van der Waals surface area contributed by atoms with E-state index in [1.54, 1.807) is 6.92 Å². The molecule has 0 radical (unpaired) electrons. The van der Waals surface area contributed by atoms with Crippen LogP contribution in [0.4, 0.5) is 0 Å². The van der Waals surface area contributed by atoms with Crippen molar-refractivity contribution in [3.05, 3.63) is 0 Å². The van der Waals surface area contributed by atoms with E-state index in [0.717, 1.165) is 153 Å². The summed E-state index contributed by atoms with van der Waals surface area (Å²) in [4.78, 5) is 74.9. The Kier molecular flexibility index (Phi) is 20.6. The van der Waals surface area contributed by atoms with Gasteiger partial charge >= 0.3 is 29.8 Å². The van der Waals surface area contributed by atoms with Crippen molar-refractivity contribution in [2.45, 2.75) is 421 Å². The van der Waals surface area contributed by atoms with Gasteiger partial charge in [0.2, 0.25) is 0 Å². The predicted molar refractivity (Wildman–Crippen MR) is 398 cm³/mol. The van der Waals surface area contributed by atoms with Crippen LogP contribution in [-0.2, 0) is 52.5 Å². The molecule has 20 aliphatic carbocycles. The van der Waals surface area contributed by atoms with Gasteiger partial charge in [-0.1, -0.05) is 55.4 Å². The molecule has 0 heterocycles. The molecule has 103 heavy (non-hydrogen) atoms. The van der Waals surface area contributed by atoms with Gasteiger partial charge in [0.25, 0.3) is 0 Å². The highest BCUT2D eigenvalue weighted by molar-refractivity contribution is 5.83. The number of carbonyl (C=O) groups excluding carboxylic acids is 6. The van der Waals surface area contributed by atoms with E-state index in [1.807, 2.05) is 111 Å². The van der Waals surface area contributed by atoms with Crippen molar-refractivity contribution >= 4 is 35.6 Å². The van der Waals surface area contributed by atoms with Crippen molar-refractivity contribution in [3.8, 4) is 0 Å². The molecule has 20 fully saturated rings. The van der Waals surface area contributed by atoms with Crippen molar-refractivity contribution in [1.82, 2.24) is 0 Å². The van der Waals surface area contributed by atoms with Gasteiger partial charge in [0, 0.05) is 36.5 Å². The Morgan fingerprint density at radius 3 is 0.942 bits per heavy atom. The molecule has 20 bridgehead atoms. The molecule has 0 saturated heterocycles. The first kappa shape index (κ1) is 80.9. The van der Waals surface area contributed by atoms with Crippen LogP contribution < -0.4 is 0 Å². The quantitative estimate of drug-likeness (QED) is 0.0784. The standard InChI is InChI=1S/C19H32O3.C18H28O3.C17H28O4.C17H28O3.C17H28O2/c1-6-16(2,3)15(20)22-19-10-13-7-14(11-19)9-18(8-13,12-19)17(4,5)21;1-5-16(3,4)15(20)21-18-9-13-6-14(10-18)8-17(7-13,11-18)12(2)19;1-5-13(2,3)12(18)21-17-8-14(4)6-15(19,10-17)9-16(20,7-14)11-17;1-5-14(2,3)13(18)20-17-8-12-6-15(4,10-17)9-16(19,7-12)11-17;1-5-15(2,3)14(18)19-17-9-12-6-13(10-17)8-16(4,7-12)11-17/h13-14,21H,6-12H2,1-5H3;13-14H,5-11H2,1-4H3;19-20H,5-11H2,1-4H3;12,19H,5-11H2,1-4H3;12-13H,5-11H2,1-4H3. The molecule has 12 atom stereocenters. The van der Waals surface area contributed by atoms with Crippen LogP contribution in [0.1, 0.15) is 370 Å². The first-order valence-electron chi connectivity index (χ1n) is 41.6. The molecule has 0 aliphatic heterocycles. The zero-order valence-corrected chi connectivity index (χ0v) is 68.6. The molecule has 586 valence electrons. The zero-order valence-electron chi connectivity index (χ0n) is 68.6. The smallest absolute Gasteiger partial charge is 0.312 e. The number of aliphatic hydroxyl groups is 4. The summed E-state index contributed by atoms with van der Waals surface area (Å²) in [6, 6.07) is 0. The number of ether oxygens (including phenoxy) is 5. The predicted octanol–water partition coefficient (Wildman–Crippen LogP) is 18.3. The van der Waals surface area contributed by atoms with Gasteiger partial charge in [0.15, 0.2) is 0 Å². The second-order valence-corrected chi connectivity index (χ2v) is 44.8. The Hall–Kier alpha value is -3.14. The number of Topliss-reactive ketones (excluding diaryl/α,β-unsaturated/α-hetero) is 1. The van der Waals surface area contributed by atoms with E-state index in [2.05, 4.69) is 27.7 Å². The first-order chi connectivity index (χ1) is 47.0. The molecule has 0 amide bonds. The van der Waals surface area contributed by atoms with Gasteiger partial charge in [-0.3, -0.25) is 28.8 Å². The van der Waals surface area contributed by atoms with Crippen LogP contribution in [0.2, 0.25) is 0 Å². The third-order valence-electron chi connectivity index (χ3n) is 31.6. The Morgan fingerprint density at radius 1 is 0.311 bits per heavy atom. The summed E-state index contributed by atoms with van der Waals surface area (Å²) in [6.45, 7) is 42.1. The van der Waals surface area contributed by atoms with Crippen LogP contribution in [-0.4, -0.2) is 106 Å². The van der Waals surface area contributed by atoms with Gasteiger partial charge in [0.05, 0.1) is 49.5 Å². The molecule has 20 rings (SSSR count). The van der Waals surface area contributed by atoms with Gasteiger partial charge in [0.1, 0.15) is 33.8 Å². The van der Waals surface area contributed by atoms with Crippen molar-refractivity contribution in [1.29, 1.82) is 0 Å². The van der Waals surface area contributed by atoms with Crippen molar-refractivity contribution in [2.75, 3.05) is 0 Å². The van der Waals surface area contributed by atoms with Gasteiger partial charge in [-0.2, -0.15) is 0 Å². The van der Waals surface area contributed by atoms with Crippen LogP contribution in [0.5, 0.6) is 0 Å². The maximum Gasteiger partial charge on any atom is 0.312 e. The normalized spacial score (nSPS) is 44.2. The minimum atomic E-state index is -0.880. The van der Waals surface area contributed by atoms with Gasteiger partial charge < -0.3 is 44.1 Å². The molecule has 0 aromatic heterocycles. The van der Waals surface area contributed by atoms with E-state index in [4.69, 9.17) is 23.7 Å². The summed E-state index contributed by atoms with van der Waals surface area (Å²) in [5.74, 6) is 4.44. The van der Waals surface area contributed by atoms with Crippen LogP contribution in [0.15, 0.2) is 0 Å². The highest BCUT2D eigenvalue weighted by atomic mass is 16.6. The molecule has 0 aromatic carbocycles. The van der Waals surface area contributed by atoms with Gasteiger partial charge in [-0.05, 0) is 347 Å². The average Bonchev–Trinajstić information content (AvgIpc) is 0.718. The molecule has 15 heteroatoms. The second-order valence-electron chi connectivity index (χ2n) is 44.8. The third kappa shape index (κ3) is 16.0. The van der Waals surface area contributed by atoms with Crippen LogP contribution in [0, 0.1) is 95.6 Å². The van der Waals surface area contributed by atoms with E-state index in [0.29, 0.717) is 85.7 Å². The fourth-order valence-electron chi connectivity index (χ4n) is 26.8. The van der Waals surface area contributed by atoms with E-state index < -0.39 is 55.3 Å². The summed E-state index contributed by atoms with van der Waals surface area (Å²) in [6.07, 6.45) is 32.8. The Labute approximate surface area is 621 Å². The molecular formula is C88H144O15. The minimum absolute atomic E-state index is 0.0283. The molecular weight excluding hydrogens is 1300 g/mol. The van der Waals surface area contributed by atoms with Crippen LogP contribution in [0.25, 0.3) is 0 Å². The molecule has 20 saturated carbocycles. The number of hydrogen-bond donors (Lipinski definition) is 4. The molecule has 0 aromatic rings. The lowest BCUT2D eigenvalue weighted by Gasteiger charge is -2.66. The number of carbonyl (C=O) groups is 6. The highest BCUT2D eigenvalue weighted by Crippen LogP contribution is 2.70. The van der Waals surface area contributed by atoms with Crippen molar-refractivity contribution < 1.29 is 72.9 Å². The second kappa shape index (κ2) is 26.3. The van der Waals surface area contributed by atoms with E-state index in [1.165, 1.54) is 38.5 Å². The Bertz CT molecular complexity index is 3130. The summed E-state index contributed by atoms with van der Waals surface area (Å²) < 4.78 is 30.4. The fourth-order valence-corrected chi connectivity index (χ4v) is 26.8. The number of rotatable bonds is 17. The minimum Gasteiger partial charge on any atom is -0.459 e. The number of ketones is 1. The summed E-state index contributed by atoms with van der Waals surface area (Å²) in [7, 11) is 0. The highest BCUT2D eigenvalue weighted by Gasteiger charge is 2.70. The summed E-state index contributed by atoms with van der Waals surface area (Å²) >= 11 is 0. The fraction of sp³-hybridized carbons (Fsp3) is 0.932. The number of hydrogen-bond acceptors (Lipinski definition) is 15. The molecule has 20 aliphatic rings. The zero-order chi connectivity index (χ0) is 76.3. The Morgan fingerprint density at radius 2 is 0.602 bits per heavy atom. The Balaban J connectivity index is 0.000000129. The summed E-state index contributed by atoms with van der Waals surface area (Å²) in [5, 5.41) is 43.3. The lowest BCUT2D eigenvalue weighted by atomic mass is 9.44. The van der Waals surface area contributed by atoms with Gasteiger partial charge in [-0.15, -0.1) is 0 Å². The molecule has 15 nitrogen and oxygen atoms in total.